The zero-order valence-electron chi connectivity index (χ0n) is 10.2. The third kappa shape index (κ3) is 3.40. The van der Waals surface area contributed by atoms with Gasteiger partial charge in [-0.3, -0.25) is 4.79 Å². The van der Waals surface area contributed by atoms with E-state index in [1.807, 2.05) is 0 Å². The van der Waals surface area contributed by atoms with E-state index >= 15 is 0 Å². The standard InChI is InChI=1S/C13H7BrF2N2O3/c14-6-4-7(15)11(8(16)5-6)12(19)18-10-3-1-2-9(17-10)13(20)21/h1-5H,(H,20,21)(H,17,18,19). The van der Waals surface area contributed by atoms with E-state index in [4.69, 9.17) is 5.11 Å². The summed E-state index contributed by atoms with van der Waals surface area (Å²) in [5, 5.41) is 10.9. The number of halogens is 3. The average molecular weight is 357 g/mol. The molecule has 1 aromatic heterocycles. The maximum Gasteiger partial charge on any atom is 0.354 e. The molecule has 5 nitrogen and oxygen atoms in total. The number of benzene rings is 1. The van der Waals surface area contributed by atoms with E-state index in [0.717, 1.165) is 12.1 Å². The molecule has 0 aliphatic heterocycles. The van der Waals surface area contributed by atoms with Crippen LogP contribution in [-0.4, -0.2) is 22.0 Å². The van der Waals surface area contributed by atoms with E-state index in [9.17, 15) is 18.4 Å². The molecule has 0 saturated carbocycles. The van der Waals surface area contributed by atoms with Gasteiger partial charge in [-0.2, -0.15) is 0 Å². The summed E-state index contributed by atoms with van der Waals surface area (Å²) in [6.45, 7) is 0. The monoisotopic (exact) mass is 356 g/mol. The summed E-state index contributed by atoms with van der Waals surface area (Å²) in [5.41, 5.74) is -1.08. The van der Waals surface area contributed by atoms with Crippen LogP contribution < -0.4 is 5.32 Å². The van der Waals surface area contributed by atoms with E-state index in [1.54, 1.807) is 0 Å². The molecule has 0 fully saturated rings. The van der Waals surface area contributed by atoms with Crippen LogP contribution >= 0.6 is 15.9 Å². The highest BCUT2D eigenvalue weighted by molar-refractivity contribution is 9.10. The molecule has 1 heterocycles. The molecule has 2 aromatic rings. The maximum absolute atomic E-state index is 13.6. The molecule has 0 aliphatic rings. The molecule has 2 rings (SSSR count). The van der Waals surface area contributed by atoms with Crippen molar-refractivity contribution in [2.24, 2.45) is 0 Å². The van der Waals surface area contributed by atoms with Crippen LogP contribution in [0.5, 0.6) is 0 Å². The van der Waals surface area contributed by atoms with Crippen LogP contribution in [0.15, 0.2) is 34.8 Å². The zero-order valence-corrected chi connectivity index (χ0v) is 11.8. The van der Waals surface area contributed by atoms with Crippen molar-refractivity contribution in [3.05, 3.63) is 57.7 Å². The molecule has 0 aliphatic carbocycles. The highest BCUT2D eigenvalue weighted by atomic mass is 79.9. The number of carboxylic acids is 1. The summed E-state index contributed by atoms with van der Waals surface area (Å²) in [5.74, 6) is -4.57. The van der Waals surface area contributed by atoms with Crippen molar-refractivity contribution in [1.82, 2.24) is 4.98 Å². The van der Waals surface area contributed by atoms with Gasteiger partial charge in [0.05, 0.1) is 0 Å². The number of pyridine rings is 1. The van der Waals surface area contributed by atoms with Crippen LogP contribution in [0.25, 0.3) is 0 Å². The van der Waals surface area contributed by atoms with Gasteiger partial charge in [-0.15, -0.1) is 0 Å². The largest absolute Gasteiger partial charge is 0.477 e. The van der Waals surface area contributed by atoms with Gasteiger partial charge < -0.3 is 10.4 Å². The van der Waals surface area contributed by atoms with E-state index < -0.39 is 29.1 Å². The lowest BCUT2D eigenvalue weighted by Gasteiger charge is -2.07. The maximum atomic E-state index is 13.6. The summed E-state index contributed by atoms with van der Waals surface area (Å²) in [6, 6.07) is 5.76. The fourth-order valence-electron chi connectivity index (χ4n) is 1.56. The van der Waals surface area contributed by atoms with Gasteiger partial charge in [0.2, 0.25) is 0 Å². The first-order valence-electron chi connectivity index (χ1n) is 5.54. The Kier molecular flexibility index (Phi) is 4.27. The van der Waals surface area contributed by atoms with Crippen LogP contribution in [0.2, 0.25) is 0 Å². The quantitative estimate of drug-likeness (QED) is 0.885. The van der Waals surface area contributed by atoms with Crippen molar-refractivity contribution in [3.63, 3.8) is 0 Å². The lowest BCUT2D eigenvalue weighted by Crippen LogP contribution is -2.17. The fourth-order valence-corrected chi connectivity index (χ4v) is 1.96. The number of aromatic carboxylic acids is 1. The Bertz CT molecular complexity index is 714. The molecule has 0 spiro atoms. The lowest BCUT2D eigenvalue weighted by molar-refractivity contribution is 0.0690. The molecular formula is C13H7BrF2N2O3. The second-order valence-electron chi connectivity index (χ2n) is 3.91. The van der Waals surface area contributed by atoms with Crippen molar-refractivity contribution in [3.8, 4) is 0 Å². The number of anilines is 1. The second kappa shape index (κ2) is 5.96. The molecule has 21 heavy (non-hydrogen) atoms. The van der Waals surface area contributed by atoms with Crippen LogP contribution in [-0.2, 0) is 0 Å². The Labute approximate surface area is 125 Å². The lowest BCUT2D eigenvalue weighted by atomic mass is 10.2. The van der Waals surface area contributed by atoms with Gasteiger partial charge >= 0.3 is 5.97 Å². The molecule has 1 aromatic carbocycles. The first-order valence-corrected chi connectivity index (χ1v) is 6.34. The van der Waals surface area contributed by atoms with E-state index in [0.29, 0.717) is 0 Å². The van der Waals surface area contributed by atoms with Crippen LogP contribution in [0.1, 0.15) is 20.8 Å². The molecule has 0 saturated heterocycles. The van der Waals surface area contributed by atoms with Crippen molar-refractivity contribution in [2.45, 2.75) is 0 Å². The van der Waals surface area contributed by atoms with E-state index in [-0.39, 0.29) is 16.0 Å². The zero-order chi connectivity index (χ0) is 15.6. The van der Waals surface area contributed by atoms with E-state index in [1.165, 1.54) is 18.2 Å². The van der Waals surface area contributed by atoms with Crippen LogP contribution in [0.3, 0.4) is 0 Å². The number of amides is 1. The minimum atomic E-state index is -1.29. The van der Waals surface area contributed by atoms with Gasteiger partial charge in [-0.05, 0) is 24.3 Å². The number of carboxylic acid groups (broad SMARTS) is 1. The molecular weight excluding hydrogens is 350 g/mol. The summed E-state index contributed by atoms with van der Waals surface area (Å²) in [4.78, 5) is 26.2. The van der Waals surface area contributed by atoms with Crippen LogP contribution in [0.4, 0.5) is 14.6 Å². The van der Waals surface area contributed by atoms with Crippen molar-refractivity contribution in [1.29, 1.82) is 0 Å². The normalized spacial score (nSPS) is 10.2. The third-order valence-corrected chi connectivity index (χ3v) is 2.90. The Balaban J connectivity index is 2.30. The van der Waals surface area contributed by atoms with E-state index in [2.05, 4.69) is 26.2 Å². The topological polar surface area (TPSA) is 79.3 Å². The number of hydrogen-bond donors (Lipinski definition) is 2. The number of carbonyl (C=O) groups excluding carboxylic acids is 1. The molecule has 8 heteroatoms. The fraction of sp³-hybridized carbons (Fsp3) is 0. The molecule has 0 radical (unpaired) electrons. The second-order valence-corrected chi connectivity index (χ2v) is 4.83. The van der Waals surface area contributed by atoms with Crippen molar-refractivity contribution in [2.75, 3.05) is 5.32 Å². The molecule has 2 N–H and O–H groups in total. The average Bonchev–Trinajstić information content (AvgIpc) is 2.37. The van der Waals surface area contributed by atoms with Gasteiger partial charge in [-0.1, -0.05) is 22.0 Å². The smallest absolute Gasteiger partial charge is 0.354 e. The van der Waals surface area contributed by atoms with Gasteiger partial charge in [0.1, 0.15) is 23.0 Å². The molecule has 108 valence electrons. The number of aromatic nitrogens is 1. The number of rotatable bonds is 3. The predicted molar refractivity (Wildman–Crippen MR) is 73.2 cm³/mol. The summed E-state index contributed by atoms with van der Waals surface area (Å²) < 4.78 is 27.4. The third-order valence-electron chi connectivity index (χ3n) is 2.44. The number of nitrogens with zero attached hydrogens (tertiary/aromatic N) is 1. The number of nitrogens with one attached hydrogen (secondary N) is 1. The Morgan fingerprint density at radius 2 is 1.81 bits per heavy atom. The van der Waals surface area contributed by atoms with Crippen molar-refractivity contribution >= 4 is 33.6 Å². The van der Waals surface area contributed by atoms with Gasteiger partial charge in [0, 0.05) is 4.47 Å². The summed E-state index contributed by atoms with van der Waals surface area (Å²) in [7, 11) is 0. The Morgan fingerprint density at radius 3 is 2.38 bits per heavy atom. The first kappa shape index (κ1) is 15.0. The molecule has 0 atom stereocenters. The molecule has 1 amide bonds. The number of hydrogen-bond acceptors (Lipinski definition) is 3. The number of carbonyl (C=O) groups is 2. The van der Waals surface area contributed by atoms with Gasteiger partial charge in [0.25, 0.3) is 5.91 Å². The van der Waals surface area contributed by atoms with Gasteiger partial charge in [-0.25, -0.2) is 18.6 Å². The first-order chi connectivity index (χ1) is 9.88. The summed E-state index contributed by atoms with van der Waals surface area (Å²) >= 11 is 2.90. The highest BCUT2D eigenvalue weighted by Crippen LogP contribution is 2.20. The summed E-state index contributed by atoms with van der Waals surface area (Å²) in [6.07, 6.45) is 0. The van der Waals surface area contributed by atoms with Gasteiger partial charge in [0.15, 0.2) is 5.69 Å². The minimum absolute atomic E-state index is 0.124. The SMILES string of the molecule is O=C(O)c1cccc(NC(=O)c2c(F)cc(Br)cc2F)n1. The highest BCUT2D eigenvalue weighted by Gasteiger charge is 2.19. The minimum Gasteiger partial charge on any atom is -0.477 e. The van der Waals surface area contributed by atoms with Crippen LogP contribution in [0, 0.1) is 11.6 Å². The molecule has 0 bridgehead atoms. The molecule has 0 unspecified atom stereocenters. The predicted octanol–water partition coefficient (Wildman–Crippen LogP) is 3.07. The Hall–Kier alpha value is -2.35. The Morgan fingerprint density at radius 1 is 1.19 bits per heavy atom. The van der Waals surface area contributed by atoms with Crippen molar-refractivity contribution < 1.29 is 23.5 Å².